The van der Waals surface area contributed by atoms with Crippen molar-refractivity contribution in [3.8, 4) is 0 Å². The van der Waals surface area contributed by atoms with Crippen molar-refractivity contribution in [3.05, 3.63) is 29.8 Å². The van der Waals surface area contributed by atoms with Crippen LogP contribution in [0.5, 0.6) is 0 Å². The first-order chi connectivity index (χ1) is 13.2. The number of hydrogen-bond acceptors (Lipinski definition) is 5. The number of aromatic nitrogens is 3. The van der Waals surface area contributed by atoms with E-state index in [2.05, 4.69) is 25.9 Å². The monoisotopic (exact) mass is 390 g/mol. The molecule has 0 radical (unpaired) electrons. The molecule has 0 spiro atoms. The summed E-state index contributed by atoms with van der Waals surface area (Å²) in [7, 11) is 0. The van der Waals surface area contributed by atoms with Gasteiger partial charge in [0.05, 0.1) is 18.4 Å². The smallest absolute Gasteiger partial charge is 0.321 e. The predicted molar refractivity (Wildman–Crippen MR) is 105 cm³/mol. The van der Waals surface area contributed by atoms with Gasteiger partial charge in [0.15, 0.2) is 5.13 Å². The Kier molecular flexibility index (Phi) is 7.20. The Bertz CT molecular complexity index is 724. The molecule has 1 aliphatic carbocycles. The van der Waals surface area contributed by atoms with Crippen LogP contribution in [0.4, 0.5) is 9.93 Å². The Labute approximate surface area is 162 Å². The van der Waals surface area contributed by atoms with Crippen molar-refractivity contribution < 1.29 is 9.59 Å². The van der Waals surface area contributed by atoms with Gasteiger partial charge < -0.3 is 15.2 Å². The van der Waals surface area contributed by atoms with Crippen molar-refractivity contribution in [3.63, 3.8) is 0 Å². The van der Waals surface area contributed by atoms with Gasteiger partial charge in [-0.2, -0.15) is 0 Å². The first kappa shape index (κ1) is 19.3. The van der Waals surface area contributed by atoms with E-state index in [4.69, 9.17) is 0 Å². The number of nitrogens with zero attached hydrogens (tertiary/aromatic N) is 3. The molecule has 0 atom stereocenters. The lowest BCUT2D eigenvalue weighted by Crippen LogP contribution is -2.39. The van der Waals surface area contributed by atoms with E-state index in [9.17, 15) is 9.59 Å². The third-order valence-electron chi connectivity index (χ3n) is 4.53. The van der Waals surface area contributed by atoms with Crippen LogP contribution in [0.1, 0.15) is 44.2 Å². The van der Waals surface area contributed by atoms with Gasteiger partial charge in [0.2, 0.25) is 5.91 Å². The number of aryl methyl sites for hydroxylation is 1. The summed E-state index contributed by atoms with van der Waals surface area (Å²) in [6, 6.07) is 0.0398. The van der Waals surface area contributed by atoms with E-state index in [1.807, 2.05) is 10.8 Å². The van der Waals surface area contributed by atoms with Crippen LogP contribution < -0.4 is 16.0 Å². The molecule has 3 amide bonds. The summed E-state index contributed by atoms with van der Waals surface area (Å²) in [5.74, 6) is -0.0656. The fraction of sp³-hybridized carbons (Fsp3) is 0.556. The number of rotatable bonds is 8. The summed E-state index contributed by atoms with van der Waals surface area (Å²) in [6.07, 6.45) is 12.1. The zero-order valence-electron chi connectivity index (χ0n) is 15.3. The first-order valence-corrected chi connectivity index (χ1v) is 10.3. The number of nitrogens with one attached hydrogen (secondary N) is 3. The van der Waals surface area contributed by atoms with Crippen LogP contribution in [0.2, 0.25) is 0 Å². The van der Waals surface area contributed by atoms with Crippen molar-refractivity contribution in [1.82, 2.24) is 25.2 Å². The minimum atomic E-state index is -0.216. The molecule has 9 heteroatoms. The second kappa shape index (κ2) is 10.1. The van der Waals surface area contributed by atoms with E-state index in [0.29, 0.717) is 17.4 Å². The molecule has 0 aliphatic heterocycles. The number of amides is 3. The van der Waals surface area contributed by atoms with Crippen LogP contribution in [0.25, 0.3) is 0 Å². The molecule has 1 saturated carbocycles. The van der Waals surface area contributed by atoms with Gasteiger partial charge in [0.1, 0.15) is 0 Å². The SMILES string of the molecule is O=C(Cc1csc(NC(=O)NC2CCCCC2)n1)NCCCn1ccnc1. The van der Waals surface area contributed by atoms with Gasteiger partial charge in [-0.05, 0) is 19.3 Å². The third-order valence-corrected chi connectivity index (χ3v) is 5.34. The minimum Gasteiger partial charge on any atom is -0.356 e. The summed E-state index contributed by atoms with van der Waals surface area (Å²) < 4.78 is 1.98. The van der Waals surface area contributed by atoms with Gasteiger partial charge in [-0.3, -0.25) is 10.1 Å². The zero-order valence-corrected chi connectivity index (χ0v) is 16.1. The molecule has 2 aromatic heterocycles. The van der Waals surface area contributed by atoms with Gasteiger partial charge in [0, 0.05) is 36.9 Å². The van der Waals surface area contributed by atoms with Gasteiger partial charge in [-0.15, -0.1) is 11.3 Å². The molecule has 1 fully saturated rings. The minimum absolute atomic E-state index is 0.0656. The van der Waals surface area contributed by atoms with Gasteiger partial charge in [-0.25, -0.2) is 14.8 Å². The van der Waals surface area contributed by atoms with E-state index < -0.39 is 0 Å². The molecule has 27 heavy (non-hydrogen) atoms. The fourth-order valence-corrected chi connectivity index (χ4v) is 3.85. The van der Waals surface area contributed by atoms with Gasteiger partial charge in [-0.1, -0.05) is 19.3 Å². The van der Waals surface area contributed by atoms with Crippen molar-refractivity contribution in [2.24, 2.45) is 0 Å². The average molecular weight is 391 g/mol. The number of hydrogen-bond donors (Lipinski definition) is 3. The molecule has 2 heterocycles. The molecular weight excluding hydrogens is 364 g/mol. The second-order valence-electron chi connectivity index (χ2n) is 6.76. The highest BCUT2D eigenvalue weighted by Crippen LogP contribution is 2.18. The van der Waals surface area contributed by atoms with Crippen molar-refractivity contribution in [2.75, 3.05) is 11.9 Å². The molecular formula is C18H26N6O2S. The molecule has 3 rings (SSSR count). The van der Waals surface area contributed by atoms with Gasteiger partial charge in [0.25, 0.3) is 0 Å². The molecule has 0 bridgehead atoms. The van der Waals surface area contributed by atoms with E-state index in [1.54, 1.807) is 17.9 Å². The summed E-state index contributed by atoms with van der Waals surface area (Å²) in [6.45, 7) is 1.43. The van der Waals surface area contributed by atoms with E-state index >= 15 is 0 Å². The Morgan fingerprint density at radius 1 is 1.26 bits per heavy atom. The van der Waals surface area contributed by atoms with Gasteiger partial charge >= 0.3 is 6.03 Å². The number of carbonyl (C=O) groups is 2. The maximum absolute atomic E-state index is 12.0. The number of carbonyl (C=O) groups excluding carboxylic acids is 2. The normalized spacial score (nSPS) is 14.7. The average Bonchev–Trinajstić information content (AvgIpc) is 3.32. The molecule has 1 aliphatic rings. The number of urea groups is 1. The quantitative estimate of drug-likeness (QED) is 0.603. The van der Waals surface area contributed by atoms with E-state index in [0.717, 1.165) is 25.8 Å². The largest absolute Gasteiger partial charge is 0.356 e. The highest BCUT2D eigenvalue weighted by molar-refractivity contribution is 7.13. The topological polar surface area (TPSA) is 101 Å². The highest BCUT2D eigenvalue weighted by Gasteiger charge is 2.16. The van der Waals surface area contributed by atoms with Crippen LogP contribution in [0.3, 0.4) is 0 Å². The molecule has 3 N–H and O–H groups in total. The van der Waals surface area contributed by atoms with Crippen LogP contribution in [-0.2, 0) is 17.8 Å². The molecule has 8 nitrogen and oxygen atoms in total. The summed E-state index contributed by atoms with van der Waals surface area (Å²) in [5, 5.41) is 11.0. The lowest BCUT2D eigenvalue weighted by molar-refractivity contribution is -0.120. The van der Waals surface area contributed by atoms with E-state index in [1.165, 1.54) is 30.6 Å². The van der Waals surface area contributed by atoms with Crippen molar-refractivity contribution in [2.45, 2.75) is 57.5 Å². The summed E-state index contributed by atoms with van der Waals surface area (Å²) >= 11 is 1.34. The molecule has 2 aromatic rings. The maximum atomic E-state index is 12.0. The summed E-state index contributed by atoms with van der Waals surface area (Å²) in [4.78, 5) is 32.4. The fourth-order valence-electron chi connectivity index (χ4n) is 3.15. The Morgan fingerprint density at radius 3 is 2.89 bits per heavy atom. The third kappa shape index (κ3) is 6.67. The van der Waals surface area contributed by atoms with Crippen LogP contribution in [0, 0.1) is 0 Å². The zero-order chi connectivity index (χ0) is 18.9. The molecule has 0 unspecified atom stereocenters. The Morgan fingerprint density at radius 2 is 2.11 bits per heavy atom. The van der Waals surface area contributed by atoms with Crippen LogP contribution in [0.15, 0.2) is 24.1 Å². The number of imidazole rings is 1. The summed E-state index contributed by atoms with van der Waals surface area (Å²) in [5.41, 5.74) is 0.667. The molecule has 0 aromatic carbocycles. The lowest BCUT2D eigenvalue weighted by atomic mass is 9.96. The highest BCUT2D eigenvalue weighted by atomic mass is 32.1. The molecule has 146 valence electrons. The lowest BCUT2D eigenvalue weighted by Gasteiger charge is -2.22. The number of anilines is 1. The van der Waals surface area contributed by atoms with E-state index in [-0.39, 0.29) is 24.4 Å². The van der Waals surface area contributed by atoms with Crippen molar-refractivity contribution in [1.29, 1.82) is 0 Å². The van der Waals surface area contributed by atoms with Crippen LogP contribution in [-0.4, -0.2) is 39.1 Å². The standard InChI is InChI=1S/C18H26N6O2S/c25-16(20-7-4-9-24-10-8-19-13-24)11-15-12-27-18(22-15)23-17(26)21-14-5-2-1-3-6-14/h8,10,12-14H,1-7,9,11H2,(H,20,25)(H2,21,22,23,26). The predicted octanol–water partition coefficient (Wildman–Crippen LogP) is 2.54. The first-order valence-electron chi connectivity index (χ1n) is 9.43. The van der Waals surface area contributed by atoms with Crippen molar-refractivity contribution >= 4 is 28.4 Å². The second-order valence-corrected chi connectivity index (χ2v) is 7.62. The number of thiazole rings is 1. The Balaban J connectivity index is 1.34. The molecule has 0 saturated heterocycles. The maximum Gasteiger partial charge on any atom is 0.321 e. The van der Waals surface area contributed by atoms with Crippen LogP contribution >= 0.6 is 11.3 Å². The Hall–Kier alpha value is -2.42.